The lowest BCUT2D eigenvalue weighted by atomic mass is 9.97. The number of carbonyl (C=O) groups excluding carboxylic acids is 1. The standard InChI is InChI=1S/C21H34N4O.ClH/c1-18-5-4-6-20(17-18)25-15-13-24(14-16-25)12-3-2-9-23-21(26)19-7-10-22-11-8-19;/h4-6,17,19,22H,2-3,7-16H2,1H3,(H,23,26);1H. The quantitative estimate of drug-likeness (QED) is 0.697. The molecule has 0 radical (unpaired) electrons. The molecule has 0 aliphatic carbocycles. The Balaban J connectivity index is 0.00000261. The van der Waals surface area contributed by atoms with Crippen molar-refractivity contribution in [3.8, 4) is 0 Å². The highest BCUT2D eigenvalue weighted by molar-refractivity contribution is 5.85. The van der Waals surface area contributed by atoms with E-state index in [2.05, 4.69) is 51.6 Å². The summed E-state index contributed by atoms with van der Waals surface area (Å²) in [6.07, 6.45) is 4.21. The largest absolute Gasteiger partial charge is 0.369 e. The van der Waals surface area contributed by atoms with Crippen LogP contribution in [0.1, 0.15) is 31.2 Å². The molecular formula is C21H35ClN4O. The monoisotopic (exact) mass is 394 g/mol. The lowest BCUT2D eigenvalue weighted by Gasteiger charge is -2.36. The predicted molar refractivity (Wildman–Crippen MR) is 115 cm³/mol. The van der Waals surface area contributed by atoms with Crippen molar-refractivity contribution in [2.24, 2.45) is 5.92 Å². The molecule has 2 aliphatic rings. The highest BCUT2D eigenvalue weighted by Crippen LogP contribution is 2.18. The number of piperidine rings is 1. The number of nitrogens with zero attached hydrogens (tertiary/aromatic N) is 2. The minimum atomic E-state index is 0. The maximum Gasteiger partial charge on any atom is 0.223 e. The molecule has 1 aromatic carbocycles. The zero-order valence-electron chi connectivity index (χ0n) is 16.6. The molecule has 3 rings (SSSR count). The number of benzene rings is 1. The molecule has 2 N–H and O–H groups in total. The van der Waals surface area contributed by atoms with Crippen LogP contribution in [0.15, 0.2) is 24.3 Å². The van der Waals surface area contributed by atoms with E-state index in [0.717, 1.165) is 78.0 Å². The van der Waals surface area contributed by atoms with E-state index in [0.29, 0.717) is 0 Å². The molecule has 2 saturated heterocycles. The third kappa shape index (κ3) is 6.98. The molecule has 152 valence electrons. The number of aryl methyl sites for hydroxylation is 1. The highest BCUT2D eigenvalue weighted by atomic mass is 35.5. The van der Waals surface area contributed by atoms with E-state index in [4.69, 9.17) is 0 Å². The topological polar surface area (TPSA) is 47.6 Å². The Morgan fingerprint density at radius 1 is 1.15 bits per heavy atom. The van der Waals surface area contributed by atoms with Gasteiger partial charge in [0.25, 0.3) is 0 Å². The van der Waals surface area contributed by atoms with E-state index in [1.807, 2.05) is 0 Å². The molecule has 0 bridgehead atoms. The third-order valence-electron chi connectivity index (χ3n) is 5.65. The maximum absolute atomic E-state index is 12.1. The summed E-state index contributed by atoms with van der Waals surface area (Å²) >= 11 is 0. The van der Waals surface area contributed by atoms with Crippen LogP contribution in [0.25, 0.3) is 0 Å². The molecule has 0 saturated carbocycles. The van der Waals surface area contributed by atoms with Crippen molar-refractivity contribution in [1.82, 2.24) is 15.5 Å². The number of anilines is 1. The Kier molecular flexibility index (Phi) is 9.39. The first-order valence-electron chi connectivity index (χ1n) is 10.2. The van der Waals surface area contributed by atoms with Gasteiger partial charge in [0.2, 0.25) is 5.91 Å². The van der Waals surface area contributed by atoms with Crippen molar-refractivity contribution < 1.29 is 4.79 Å². The minimum absolute atomic E-state index is 0. The van der Waals surface area contributed by atoms with Gasteiger partial charge in [-0.3, -0.25) is 9.69 Å². The average molecular weight is 395 g/mol. The third-order valence-corrected chi connectivity index (χ3v) is 5.65. The molecule has 6 heteroatoms. The first-order valence-corrected chi connectivity index (χ1v) is 10.2. The SMILES string of the molecule is Cc1cccc(N2CCN(CCCCNC(=O)C3CCNCC3)CC2)c1.Cl. The van der Waals surface area contributed by atoms with Gasteiger partial charge < -0.3 is 15.5 Å². The molecule has 2 heterocycles. The molecule has 0 unspecified atom stereocenters. The summed E-state index contributed by atoms with van der Waals surface area (Å²) in [4.78, 5) is 17.1. The molecule has 0 aromatic heterocycles. The summed E-state index contributed by atoms with van der Waals surface area (Å²) in [6.45, 7) is 10.6. The summed E-state index contributed by atoms with van der Waals surface area (Å²) in [7, 11) is 0. The van der Waals surface area contributed by atoms with Gasteiger partial charge in [0.05, 0.1) is 0 Å². The van der Waals surface area contributed by atoms with Crippen LogP contribution in [-0.4, -0.2) is 63.2 Å². The lowest BCUT2D eigenvalue weighted by Crippen LogP contribution is -2.46. The number of rotatable bonds is 7. The number of halogens is 1. The Morgan fingerprint density at radius 3 is 2.59 bits per heavy atom. The van der Waals surface area contributed by atoms with Crippen LogP contribution < -0.4 is 15.5 Å². The van der Waals surface area contributed by atoms with Gasteiger partial charge in [-0.1, -0.05) is 12.1 Å². The molecule has 1 amide bonds. The fourth-order valence-electron chi connectivity index (χ4n) is 3.95. The molecule has 1 aromatic rings. The van der Waals surface area contributed by atoms with Crippen molar-refractivity contribution in [1.29, 1.82) is 0 Å². The van der Waals surface area contributed by atoms with Gasteiger partial charge in [0, 0.05) is 44.3 Å². The second-order valence-corrected chi connectivity index (χ2v) is 7.69. The van der Waals surface area contributed by atoms with Crippen molar-refractivity contribution in [2.75, 3.05) is 57.3 Å². The van der Waals surface area contributed by atoms with Gasteiger partial charge >= 0.3 is 0 Å². The first kappa shape index (κ1) is 22.0. The van der Waals surface area contributed by atoms with Gasteiger partial charge in [-0.15, -0.1) is 12.4 Å². The van der Waals surface area contributed by atoms with Crippen molar-refractivity contribution in [3.63, 3.8) is 0 Å². The van der Waals surface area contributed by atoms with Crippen molar-refractivity contribution in [2.45, 2.75) is 32.6 Å². The van der Waals surface area contributed by atoms with E-state index >= 15 is 0 Å². The number of nitrogens with one attached hydrogen (secondary N) is 2. The zero-order chi connectivity index (χ0) is 18.2. The van der Waals surface area contributed by atoms with Crippen molar-refractivity contribution >= 4 is 24.0 Å². The van der Waals surface area contributed by atoms with Crippen LogP contribution in [0.2, 0.25) is 0 Å². The molecular weight excluding hydrogens is 360 g/mol. The highest BCUT2D eigenvalue weighted by Gasteiger charge is 2.20. The first-order chi connectivity index (χ1) is 12.7. The van der Waals surface area contributed by atoms with E-state index in [1.54, 1.807) is 0 Å². The molecule has 27 heavy (non-hydrogen) atoms. The molecule has 2 fully saturated rings. The molecule has 0 spiro atoms. The summed E-state index contributed by atoms with van der Waals surface area (Å²) in [5.41, 5.74) is 2.68. The second-order valence-electron chi connectivity index (χ2n) is 7.69. The number of hydrogen-bond donors (Lipinski definition) is 2. The average Bonchev–Trinajstić information content (AvgIpc) is 2.69. The Hall–Kier alpha value is -1.30. The van der Waals surface area contributed by atoms with Crippen LogP contribution in [0.4, 0.5) is 5.69 Å². The van der Waals surface area contributed by atoms with Crippen LogP contribution in [0.3, 0.4) is 0 Å². The van der Waals surface area contributed by atoms with E-state index in [9.17, 15) is 4.79 Å². The number of hydrogen-bond acceptors (Lipinski definition) is 4. The lowest BCUT2D eigenvalue weighted by molar-refractivity contribution is -0.125. The number of amides is 1. The molecule has 2 aliphatic heterocycles. The van der Waals surface area contributed by atoms with Crippen LogP contribution >= 0.6 is 12.4 Å². The van der Waals surface area contributed by atoms with Gasteiger partial charge in [0.15, 0.2) is 0 Å². The molecule has 5 nitrogen and oxygen atoms in total. The Labute approximate surface area is 170 Å². The van der Waals surface area contributed by atoms with Crippen LogP contribution in [0.5, 0.6) is 0 Å². The van der Waals surface area contributed by atoms with Gasteiger partial charge in [-0.25, -0.2) is 0 Å². The summed E-state index contributed by atoms with van der Waals surface area (Å²) < 4.78 is 0. The Morgan fingerprint density at radius 2 is 1.89 bits per heavy atom. The van der Waals surface area contributed by atoms with E-state index in [-0.39, 0.29) is 24.2 Å². The van der Waals surface area contributed by atoms with Crippen molar-refractivity contribution in [3.05, 3.63) is 29.8 Å². The summed E-state index contributed by atoms with van der Waals surface area (Å²) in [5.74, 6) is 0.490. The number of piperazine rings is 1. The zero-order valence-corrected chi connectivity index (χ0v) is 17.4. The van der Waals surface area contributed by atoms with Gasteiger partial charge in [-0.05, 0) is 69.9 Å². The van der Waals surface area contributed by atoms with Gasteiger partial charge in [-0.2, -0.15) is 0 Å². The Bertz CT molecular complexity index is 569. The fraction of sp³-hybridized carbons (Fsp3) is 0.667. The predicted octanol–water partition coefficient (Wildman–Crippen LogP) is 2.43. The fourth-order valence-corrected chi connectivity index (χ4v) is 3.95. The van der Waals surface area contributed by atoms with E-state index in [1.165, 1.54) is 11.3 Å². The second kappa shape index (κ2) is 11.5. The summed E-state index contributed by atoms with van der Waals surface area (Å²) in [6, 6.07) is 8.80. The molecule has 0 atom stereocenters. The number of carbonyl (C=O) groups is 1. The van der Waals surface area contributed by atoms with Gasteiger partial charge in [0.1, 0.15) is 0 Å². The maximum atomic E-state index is 12.1. The minimum Gasteiger partial charge on any atom is -0.369 e. The van der Waals surface area contributed by atoms with Crippen LogP contribution in [-0.2, 0) is 4.79 Å². The van der Waals surface area contributed by atoms with Crippen LogP contribution in [0, 0.1) is 12.8 Å². The number of unbranched alkanes of at least 4 members (excludes halogenated alkanes) is 1. The smallest absolute Gasteiger partial charge is 0.223 e. The summed E-state index contributed by atoms with van der Waals surface area (Å²) in [5, 5.41) is 6.44. The normalized spacial score (nSPS) is 18.8. The van der Waals surface area contributed by atoms with E-state index < -0.39 is 0 Å².